The van der Waals surface area contributed by atoms with E-state index in [-0.39, 0.29) is 12.0 Å². The fraction of sp³-hybridized carbons (Fsp3) is 0.800. The van der Waals surface area contributed by atoms with Gasteiger partial charge in [0.1, 0.15) is 11.9 Å². The van der Waals surface area contributed by atoms with E-state index < -0.39 is 11.6 Å². The number of likely N-dealkylation sites (tertiary alicyclic amines) is 1. The van der Waals surface area contributed by atoms with Crippen molar-refractivity contribution in [1.82, 2.24) is 4.90 Å². The van der Waals surface area contributed by atoms with E-state index in [9.17, 15) is 9.59 Å². The standard InChI is InChI=1S/C10H18N2O3/c1-10(2,3)15-9(14)12-4-7(5-12)8(11)6-13/h6-8H,4-5,11H2,1-3H3. The molecule has 0 aromatic rings. The molecule has 0 aliphatic carbocycles. The number of carbonyl (C=O) groups is 2. The largest absolute Gasteiger partial charge is 0.444 e. The normalized spacial score (nSPS) is 19.3. The molecule has 1 amide bonds. The quantitative estimate of drug-likeness (QED) is 0.674. The molecular weight excluding hydrogens is 196 g/mol. The molecule has 1 aliphatic heterocycles. The number of aldehydes is 1. The van der Waals surface area contributed by atoms with E-state index in [1.807, 2.05) is 20.8 Å². The lowest BCUT2D eigenvalue weighted by molar-refractivity contribution is -0.111. The lowest BCUT2D eigenvalue weighted by Gasteiger charge is -2.41. The van der Waals surface area contributed by atoms with Gasteiger partial charge in [0.15, 0.2) is 0 Å². The summed E-state index contributed by atoms with van der Waals surface area (Å²) in [5.74, 6) is 0.0787. The predicted molar refractivity (Wildman–Crippen MR) is 55.3 cm³/mol. The molecule has 0 saturated carbocycles. The minimum atomic E-state index is -0.477. The molecule has 0 bridgehead atoms. The van der Waals surface area contributed by atoms with Crippen LogP contribution in [0.25, 0.3) is 0 Å². The summed E-state index contributed by atoms with van der Waals surface area (Å²) in [4.78, 5) is 23.4. The van der Waals surface area contributed by atoms with Gasteiger partial charge in [0, 0.05) is 19.0 Å². The second-order valence-electron chi connectivity index (χ2n) is 4.86. The molecule has 0 aromatic heterocycles. The first-order chi connectivity index (χ1) is 6.83. The van der Waals surface area contributed by atoms with Crippen molar-refractivity contribution in [2.75, 3.05) is 13.1 Å². The molecule has 5 nitrogen and oxygen atoms in total. The molecule has 1 saturated heterocycles. The second-order valence-corrected chi connectivity index (χ2v) is 4.86. The summed E-state index contributed by atoms with van der Waals surface area (Å²) >= 11 is 0. The van der Waals surface area contributed by atoms with Gasteiger partial charge in [-0.15, -0.1) is 0 Å². The summed E-state index contributed by atoms with van der Waals surface area (Å²) in [7, 11) is 0. The third-order valence-electron chi connectivity index (χ3n) is 2.26. The molecule has 0 spiro atoms. The number of nitrogens with zero attached hydrogens (tertiary/aromatic N) is 1. The van der Waals surface area contributed by atoms with Crippen molar-refractivity contribution in [3.05, 3.63) is 0 Å². The highest BCUT2D eigenvalue weighted by molar-refractivity contribution is 5.70. The van der Waals surface area contributed by atoms with Crippen LogP contribution in [0.15, 0.2) is 0 Å². The first-order valence-corrected chi connectivity index (χ1v) is 5.02. The van der Waals surface area contributed by atoms with Crippen LogP contribution in [0.4, 0.5) is 4.79 Å². The highest BCUT2D eigenvalue weighted by Crippen LogP contribution is 2.20. The molecule has 1 fully saturated rings. The van der Waals surface area contributed by atoms with Crippen molar-refractivity contribution in [3.63, 3.8) is 0 Å². The SMILES string of the molecule is CC(C)(C)OC(=O)N1CC(C(N)C=O)C1. The Bertz CT molecular complexity index is 254. The van der Waals surface area contributed by atoms with E-state index in [0.717, 1.165) is 6.29 Å². The highest BCUT2D eigenvalue weighted by Gasteiger charge is 2.36. The molecule has 5 heteroatoms. The van der Waals surface area contributed by atoms with Crippen LogP contribution in [0.1, 0.15) is 20.8 Å². The summed E-state index contributed by atoms with van der Waals surface area (Å²) in [6.07, 6.45) is 0.383. The number of ether oxygens (including phenoxy) is 1. The van der Waals surface area contributed by atoms with Gasteiger partial charge in [-0.1, -0.05) is 0 Å². The maximum atomic E-state index is 11.5. The number of hydrogen-bond donors (Lipinski definition) is 1. The monoisotopic (exact) mass is 214 g/mol. The van der Waals surface area contributed by atoms with Gasteiger partial charge in [-0.25, -0.2) is 4.79 Å². The van der Waals surface area contributed by atoms with Crippen LogP contribution in [-0.2, 0) is 9.53 Å². The Kier molecular flexibility index (Phi) is 3.34. The predicted octanol–water partition coefficient (Wildman–Crippen LogP) is 0.380. The van der Waals surface area contributed by atoms with E-state index in [2.05, 4.69) is 0 Å². The summed E-state index contributed by atoms with van der Waals surface area (Å²) in [6.45, 7) is 6.47. The Hall–Kier alpha value is -1.10. The van der Waals surface area contributed by atoms with Crippen LogP contribution < -0.4 is 5.73 Å². The zero-order valence-electron chi connectivity index (χ0n) is 9.40. The van der Waals surface area contributed by atoms with Gasteiger partial charge in [0.2, 0.25) is 0 Å². The van der Waals surface area contributed by atoms with E-state index in [4.69, 9.17) is 10.5 Å². The van der Waals surface area contributed by atoms with Crippen LogP contribution in [0, 0.1) is 5.92 Å². The second kappa shape index (κ2) is 4.18. The molecule has 1 heterocycles. The van der Waals surface area contributed by atoms with Crippen LogP contribution in [0.5, 0.6) is 0 Å². The van der Waals surface area contributed by atoms with Crippen molar-refractivity contribution < 1.29 is 14.3 Å². The summed E-state index contributed by atoms with van der Waals surface area (Å²) in [5, 5.41) is 0. The van der Waals surface area contributed by atoms with E-state index in [1.165, 1.54) is 0 Å². The van der Waals surface area contributed by atoms with Crippen LogP contribution in [0.3, 0.4) is 0 Å². The Morgan fingerprint density at radius 2 is 2.07 bits per heavy atom. The number of rotatable bonds is 2. The molecular formula is C10H18N2O3. The number of hydrogen-bond acceptors (Lipinski definition) is 4. The molecule has 0 radical (unpaired) electrons. The zero-order chi connectivity index (χ0) is 11.6. The topological polar surface area (TPSA) is 72.6 Å². The molecule has 1 aliphatic rings. The fourth-order valence-electron chi connectivity index (χ4n) is 1.34. The van der Waals surface area contributed by atoms with Gasteiger partial charge in [0.25, 0.3) is 0 Å². The Balaban J connectivity index is 2.33. The molecule has 15 heavy (non-hydrogen) atoms. The Morgan fingerprint density at radius 1 is 1.53 bits per heavy atom. The van der Waals surface area contributed by atoms with Crippen molar-refractivity contribution in [3.8, 4) is 0 Å². The first-order valence-electron chi connectivity index (χ1n) is 5.02. The van der Waals surface area contributed by atoms with Crippen molar-refractivity contribution >= 4 is 12.4 Å². The zero-order valence-corrected chi connectivity index (χ0v) is 9.40. The molecule has 1 rings (SSSR count). The third-order valence-corrected chi connectivity index (χ3v) is 2.26. The third kappa shape index (κ3) is 3.20. The van der Waals surface area contributed by atoms with Gasteiger partial charge < -0.3 is 20.2 Å². The van der Waals surface area contributed by atoms with E-state index >= 15 is 0 Å². The van der Waals surface area contributed by atoms with Gasteiger partial charge >= 0.3 is 6.09 Å². The minimum absolute atomic E-state index is 0.0787. The van der Waals surface area contributed by atoms with E-state index in [1.54, 1.807) is 4.90 Å². The lowest BCUT2D eigenvalue weighted by atomic mass is 9.93. The summed E-state index contributed by atoms with van der Waals surface area (Å²) in [5.41, 5.74) is 5.04. The maximum absolute atomic E-state index is 11.5. The molecule has 1 atom stereocenters. The smallest absolute Gasteiger partial charge is 0.410 e. The average Bonchev–Trinajstić information content (AvgIpc) is 1.97. The first kappa shape index (κ1) is 12.0. The maximum Gasteiger partial charge on any atom is 0.410 e. The lowest BCUT2D eigenvalue weighted by Crippen LogP contribution is -2.57. The van der Waals surface area contributed by atoms with Crippen molar-refractivity contribution in [1.29, 1.82) is 0 Å². The van der Waals surface area contributed by atoms with E-state index in [0.29, 0.717) is 13.1 Å². The van der Waals surface area contributed by atoms with Crippen LogP contribution >= 0.6 is 0 Å². The van der Waals surface area contributed by atoms with Crippen LogP contribution in [-0.4, -0.2) is 42.0 Å². The van der Waals surface area contributed by atoms with Crippen molar-refractivity contribution in [2.24, 2.45) is 11.7 Å². The molecule has 1 unspecified atom stereocenters. The Morgan fingerprint density at radius 3 is 2.47 bits per heavy atom. The van der Waals surface area contributed by atoms with Gasteiger partial charge in [-0.2, -0.15) is 0 Å². The Labute approximate surface area is 89.6 Å². The van der Waals surface area contributed by atoms with Crippen LogP contribution in [0.2, 0.25) is 0 Å². The van der Waals surface area contributed by atoms with Gasteiger partial charge in [-0.3, -0.25) is 0 Å². The molecule has 2 N–H and O–H groups in total. The molecule has 0 aromatic carbocycles. The number of carbonyl (C=O) groups excluding carboxylic acids is 2. The minimum Gasteiger partial charge on any atom is -0.444 e. The number of amides is 1. The fourth-order valence-corrected chi connectivity index (χ4v) is 1.34. The van der Waals surface area contributed by atoms with Gasteiger partial charge in [-0.05, 0) is 20.8 Å². The highest BCUT2D eigenvalue weighted by atomic mass is 16.6. The average molecular weight is 214 g/mol. The number of nitrogens with two attached hydrogens (primary N) is 1. The van der Waals surface area contributed by atoms with Gasteiger partial charge in [0.05, 0.1) is 6.04 Å². The summed E-state index contributed by atoms with van der Waals surface area (Å²) in [6, 6.07) is -0.469. The summed E-state index contributed by atoms with van der Waals surface area (Å²) < 4.78 is 5.16. The van der Waals surface area contributed by atoms with Crippen molar-refractivity contribution in [2.45, 2.75) is 32.4 Å². The molecule has 86 valence electrons.